The number of nitrogens with two attached hydrogens (primary N) is 3. The standard InChI is InChI=1S/C25H25N5O4S/c1-33-22-13-15(11-17-14-29-25(28)30-24(17)27)12-21(23(22)34-2)16-3-7-19(8-4-16)35(31,32)20-9-5-18(26)6-10-20/h3-10,12-14H,11,26H2,1-2H3,(H4,27,28,29,30). The minimum absolute atomic E-state index is 0.105. The molecular weight excluding hydrogens is 466 g/mol. The average molecular weight is 492 g/mol. The first-order valence-corrected chi connectivity index (χ1v) is 12.0. The second-order valence-electron chi connectivity index (χ2n) is 7.79. The lowest BCUT2D eigenvalue weighted by molar-refractivity contribution is 0.356. The summed E-state index contributed by atoms with van der Waals surface area (Å²) >= 11 is 0. The highest BCUT2D eigenvalue weighted by Crippen LogP contribution is 2.40. The molecule has 3 aromatic carbocycles. The van der Waals surface area contributed by atoms with E-state index in [1.807, 2.05) is 12.1 Å². The van der Waals surface area contributed by atoms with Crippen LogP contribution in [0.3, 0.4) is 0 Å². The molecule has 10 heteroatoms. The molecule has 0 bridgehead atoms. The fourth-order valence-corrected chi connectivity index (χ4v) is 4.99. The number of hydrogen-bond acceptors (Lipinski definition) is 9. The fraction of sp³-hybridized carbons (Fsp3) is 0.120. The van der Waals surface area contributed by atoms with Crippen LogP contribution in [0.15, 0.2) is 76.7 Å². The van der Waals surface area contributed by atoms with Gasteiger partial charge in [-0.2, -0.15) is 4.98 Å². The molecule has 0 saturated carbocycles. The molecule has 1 heterocycles. The lowest BCUT2D eigenvalue weighted by Crippen LogP contribution is -2.04. The zero-order chi connectivity index (χ0) is 25.2. The highest BCUT2D eigenvalue weighted by Gasteiger charge is 2.19. The maximum Gasteiger partial charge on any atom is 0.221 e. The minimum Gasteiger partial charge on any atom is -0.493 e. The monoisotopic (exact) mass is 491 g/mol. The number of hydrogen-bond donors (Lipinski definition) is 3. The fourth-order valence-electron chi connectivity index (χ4n) is 3.73. The summed E-state index contributed by atoms with van der Waals surface area (Å²) in [5, 5.41) is 0. The Balaban J connectivity index is 1.74. The third-order valence-electron chi connectivity index (χ3n) is 5.52. The second kappa shape index (κ2) is 9.51. The Labute approximate surface area is 203 Å². The molecule has 0 saturated heterocycles. The SMILES string of the molecule is COc1cc(Cc2cnc(N)nc2N)cc(-c2ccc(S(=O)(=O)c3ccc(N)cc3)cc2)c1OC. The van der Waals surface area contributed by atoms with Crippen LogP contribution in [-0.2, 0) is 16.3 Å². The van der Waals surface area contributed by atoms with E-state index < -0.39 is 9.84 Å². The number of sulfone groups is 1. The first kappa shape index (κ1) is 23.8. The lowest BCUT2D eigenvalue weighted by Gasteiger charge is -2.16. The van der Waals surface area contributed by atoms with E-state index in [-0.39, 0.29) is 15.7 Å². The summed E-state index contributed by atoms with van der Waals surface area (Å²) in [7, 11) is -0.591. The van der Waals surface area contributed by atoms with Crippen molar-refractivity contribution in [1.82, 2.24) is 9.97 Å². The van der Waals surface area contributed by atoms with Gasteiger partial charge in [0, 0.05) is 29.4 Å². The third-order valence-corrected chi connectivity index (χ3v) is 7.30. The van der Waals surface area contributed by atoms with Gasteiger partial charge in [0.1, 0.15) is 5.82 Å². The Hall–Kier alpha value is -4.31. The van der Waals surface area contributed by atoms with Gasteiger partial charge in [0.2, 0.25) is 15.8 Å². The van der Waals surface area contributed by atoms with Crippen LogP contribution in [0.25, 0.3) is 11.1 Å². The Kier molecular flexibility index (Phi) is 6.48. The Morgan fingerprint density at radius 1 is 0.857 bits per heavy atom. The van der Waals surface area contributed by atoms with Crippen LogP contribution in [0.4, 0.5) is 17.5 Å². The lowest BCUT2D eigenvalue weighted by atomic mass is 9.98. The summed E-state index contributed by atoms with van der Waals surface area (Å²) in [6.07, 6.45) is 2.02. The molecule has 0 aliphatic carbocycles. The molecule has 0 fully saturated rings. The average Bonchev–Trinajstić information content (AvgIpc) is 2.85. The normalized spacial score (nSPS) is 11.3. The summed E-state index contributed by atoms with van der Waals surface area (Å²) in [6.45, 7) is 0. The van der Waals surface area contributed by atoms with Crippen LogP contribution in [0.5, 0.6) is 11.5 Å². The van der Waals surface area contributed by atoms with E-state index in [2.05, 4.69) is 9.97 Å². The number of anilines is 3. The molecule has 0 aliphatic heterocycles. The van der Waals surface area contributed by atoms with Crippen molar-refractivity contribution in [2.45, 2.75) is 16.2 Å². The molecule has 0 amide bonds. The van der Waals surface area contributed by atoms with Gasteiger partial charge in [-0.05, 0) is 59.7 Å². The Bertz CT molecular complexity index is 1470. The summed E-state index contributed by atoms with van der Waals surface area (Å²) in [4.78, 5) is 8.37. The molecule has 0 aliphatic rings. The highest BCUT2D eigenvalue weighted by atomic mass is 32.2. The largest absolute Gasteiger partial charge is 0.493 e. The Morgan fingerprint density at radius 3 is 2.06 bits per heavy atom. The van der Waals surface area contributed by atoms with Crippen LogP contribution in [0, 0.1) is 0 Å². The maximum absolute atomic E-state index is 13.0. The minimum atomic E-state index is -3.69. The third kappa shape index (κ3) is 4.82. The van der Waals surface area contributed by atoms with E-state index in [1.165, 1.54) is 12.1 Å². The van der Waals surface area contributed by atoms with E-state index in [4.69, 9.17) is 26.7 Å². The summed E-state index contributed by atoms with van der Waals surface area (Å²) in [6, 6.07) is 16.4. The van der Waals surface area contributed by atoms with Crippen LogP contribution in [0.2, 0.25) is 0 Å². The zero-order valence-electron chi connectivity index (χ0n) is 19.2. The number of nitrogen functional groups attached to an aromatic ring is 3. The second-order valence-corrected chi connectivity index (χ2v) is 9.74. The van der Waals surface area contributed by atoms with Crippen molar-refractivity contribution in [3.05, 3.63) is 78.0 Å². The molecule has 35 heavy (non-hydrogen) atoms. The molecule has 0 radical (unpaired) electrons. The first-order valence-electron chi connectivity index (χ1n) is 10.6. The summed E-state index contributed by atoms with van der Waals surface area (Å²) in [5.41, 5.74) is 20.8. The number of benzene rings is 3. The zero-order valence-corrected chi connectivity index (χ0v) is 20.0. The number of nitrogens with zero attached hydrogens (tertiary/aromatic N) is 2. The van der Waals surface area contributed by atoms with Gasteiger partial charge in [0.25, 0.3) is 0 Å². The van der Waals surface area contributed by atoms with E-state index in [1.54, 1.807) is 56.8 Å². The van der Waals surface area contributed by atoms with Crippen molar-refractivity contribution in [3.63, 3.8) is 0 Å². The topological polar surface area (TPSA) is 156 Å². The van der Waals surface area contributed by atoms with E-state index in [0.29, 0.717) is 35.0 Å². The molecule has 180 valence electrons. The predicted octanol–water partition coefficient (Wildman–Crippen LogP) is 3.33. The van der Waals surface area contributed by atoms with E-state index in [9.17, 15) is 8.42 Å². The molecule has 4 rings (SSSR count). The predicted molar refractivity (Wildman–Crippen MR) is 135 cm³/mol. The van der Waals surface area contributed by atoms with Crippen molar-refractivity contribution in [1.29, 1.82) is 0 Å². The molecule has 6 N–H and O–H groups in total. The summed E-state index contributed by atoms with van der Waals surface area (Å²) in [5.74, 6) is 1.44. The van der Waals surface area contributed by atoms with Crippen molar-refractivity contribution >= 4 is 27.3 Å². The van der Waals surface area contributed by atoms with Crippen molar-refractivity contribution in [3.8, 4) is 22.6 Å². The quantitative estimate of drug-likeness (QED) is 0.330. The van der Waals surface area contributed by atoms with Gasteiger partial charge in [-0.25, -0.2) is 13.4 Å². The van der Waals surface area contributed by atoms with Gasteiger partial charge >= 0.3 is 0 Å². The highest BCUT2D eigenvalue weighted by molar-refractivity contribution is 7.91. The van der Waals surface area contributed by atoms with Crippen LogP contribution in [0.1, 0.15) is 11.1 Å². The number of ether oxygens (including phenoxy) is 2. The van der Waals surface area contributed by atoms with Gasteiger partial charge in [-0.3, -0.25) is 0 Å². The van der Waals surface area contributed by atoms with Gasteiger partial charge in [0.15, 0.2) is 11.5 Å². The molecule has 4 aromatic rings. The number of rotatable bonds is 7. The van der Waals surface area contributed by atoms with Crippen molar-refractivity contribution in [2.24, 2.45) is 0 Å². The van der Waals surface area contributed by atoms with Crippen molar-refractivity contribution in [2.75, 3.05) is 31.4 Å². The maximum atomic E-state index is 13.0. The molecule has 9 nitrogen and oxygen atoms in total. The van der Waals surface area contributed by atoms with Gasteiger partial charge < -0.3 is 26.7 Å². The molecule has 0 atom stereocenters. The molecular formula is C25H25N5O4S. The Morgan fingerprint density at radius 2 is 1.49 bits per heavy atom. The molecule has 1 aromatic heterocycles. The summed E-state index contributed by atoms with van der Waals surface area (Å²) < 4.78 is 37.2. The van der Waals surface area contributed by atoms with Gasteiger partial charge in [-0.15, -0.1) is 0 Å². The number of methoxy groups -OCH3 is 2. The number of aromatic nitrogens is 2. The molecule has 0 spiro atoms. The van der Waals surface area contributed by atoms with Crippen molar-refractivity contribution < 1.29 is 17.9 Å². The van der Waals surface area contributed by atoms with E-state index in [0.717, 1.165) is 16.7 Å². The molecule has 0 unspecified atom stereocenters. The van der Waals surface area contributed by atoms with Crippen LogP contribution < -0.4 is 26.7 Å². The van der Waals surface area contributed by atoms with Crippen LogP contribution >= 0.6 is 0 Å². The van der Waals surface area contributed by atoms with Crippen LogP contribution in [-0.4, -0.2) is 32.6 Å². The van der Waals surface area contributed by atoms with E-state index >= 15 is 0 Å². The van der Waals surface area contributed by atoms with Gasteiger partial charge in [-0.1, -0.05) is 12.1 Å². The first-order chi connectivity index (χ1) is 16.7. The van der Waals surface area contributed by atoms with Gasteiger partial charge in [0.05, 0.1) is 24.0 Å². The smallest absolute Gasteiger partial charge is 0.221 e.